The number of halogens is 1. The smallest absolute Gasteiger partial charge is 0.188 e. The van der Waals surface area contributed by atoms with Gasteiger partial charge in [0.05, 0.1) is 0 Å². The average Bonchev–Trinajstić information content (AvgIpc) is 2.88. The van der Waals surface area contributed by atoms with Gasteiger partial charge in [-0.2, -0.15) is 0 Å². The molecule has 5 heteroatoms. The van der Waals surface area contributed by atoms with Gasteiger partial charge >= 0.3 is 0 Å². The summed E-state index contributed by atoms with van der Waals surface area (Å²) in [6, 6.07) is 16.4. The summed E-state index contributed by atoms with van der Waals surface area (Å²) in [5.74, 6) is 0.441. The van der Waals surface area contributed by atoms with E-state index in [2.05, 4.69) is 35.0 Å². The molecule has 0 unspecified atom stereocenters. The van der Waals surface area contributed by atoms with Gasteiger partial charge in [0.25, 0.3) is 0 Å². The number of hydrogen-bond acceptors (Lipinski definition) is 3. The van der Waals surface area contributed by atoms with E-state index in [9.17, 15) is 4.39 Å². The predicted octanol–water partition coefficient (Wildman–Crippen LogP) is 3.62. The summed E-state index contributed by atoms with van der Waals surface area (Å²) in [6.45, 7) is 0.725. The van der Waals surface area contributed by atoms with Gasteiger partial charge in [-0.05, 0) is 36.2 Å². The fourth-order valence-electron chi connectivity index (χ4n) is 2.20. The average molecular weight is 299 g/mol. The third-order valence-electron chi connectivity index (χ3n) is 3.30. The molecule has 106 valence electrons. The number of hydrogen-bond donors (Lipinski definition) is 1. The molecule has 0 radical (unpaired) electrons. The minimum atomic E-state index is -0.264. The summed E-state index contributed by atoms with van der Waals surface area (Å²) in [5, 5.41) is 8.71. The normalized spacial score (nSPS) is 10.8. The Balaban J connectivity index is 1.85. The van der Waals surface area contributed by atoms with Crippen LogP contribution in [0.5, 0.6) is 0 Å². The summed E-state index contributed by atoms with van der Waals surface area (Å²) in [4.78, 5) is 0. The Morgan fingerprint density at radius 1 is 0.952 bits per heavy atom. The number of nitrogens with zero attached hydrogens (tertiary/aromatic N) is 3. The van der Waals surface area contributed by atoms with Gasteiger partial charge < -0.3 is 4.57 Å². The molecule has 3 rings (SSSR count). The Morgan fingerprint density at radius 2 is 1.67 bits per heavy atom. The molecule has 0 saturated carbocycles. The van der Waals surface area contributed by atoms with Crippen LogP contribution >= 0.6 is 12.6 Å². The Kier molecular flexibility index (Phi) is 4.01. The molecule has 0 spiro atoms. The first-order valence-corrected chi connectivity index (χ1v) is 7.11. The van der Waals surface area contributed by atoms with Crippen molar-refractivity contribution in [2.24, 2.45) is 0 Å². The fourth-order valence-corrected chi connectivity index (χ4v) is 2.44. The van der Waals surface area contributed by atoms with Crippen LogP contribution in [0.3, 0.4) is 0 Å². The maximum absolute atomic E-state index is 13.0. The highest BCUT2D eigenvalue weighted by Crippen LogP contribution is 2.20. The van der Waals surface area contributed by atoms with Gasteiger partial charge in [0.15, 0.2) is 11.0 Å². The first-order chi connectivity index (χ1) is 10.2. The van der Waals surface area contributed by atoms with Crippen LogP contribution in [0, 0.1) is 5.82 Å². The van der Waals surface area contributed by atoms with E-state index < -0.39 is 0 Å². The molecule has 0 aliphatic carbocycles. The molecule has 1 aromatic heterocycles. The van der Waals surface area contributed by atoms with Gasteiger partial charge in [-0.15, -0.1) is 22.8 Å². The van der Waals surface area contributed by atoms with Gasteiger partial charge in [-0.3, -0.25) is 0 Å². The number of benzene rings is 2. The van der Waals surface area contributed by atoms with Crippen molar-refractivity contribution >= 4 is 12.6 Å². The lowest BCUT2D eigenvalue weighted by Crippen LogP contribution is -2.04. The Bertz CT molecular complexity index is 723. The maximum Gasteiger partial charge on any atom is 0.188 e. The molecule has 0 aliphatic rings. The number of rotatable bonds is 4. The van der Waals surface area contributed by atoms with Crippen molar-refractivity contribution < 1.29 is 4.39 Å². The molecule has 0 N–H and O–H groups in total. The van der Waals surface area contributed by atoms with E-state index in [1.54, 1.807) is 12.1 Å². The molecule has 2 aromatic carbocycles. The highest BCUT2D eigenvalue weighted by atomic mass is 32.1. The SMILES string of the molecule is Fc1ccc(-c2nnc(S)n2CCc2ccccc2)cc1. The Morgan fingerprint density at radius 3 is 2.38 bits per heavy atom. The number of aryl methyl sites for hydroxylation is 1. The lowest BCUT2D eigenvalue weighted by Gasteiger charge is -2.08. The minimum absolute atomic E-state index is 0.264. The molecular formula is C16H14FN3S. The van der Waals surface area contributed by atoms with E-state index in [0.717, 1.165) is 18.5 Å². The van der Waals surface area contributed by atoms with Crippen LogP contribution in [0.25, 0.3) is 11.4 Å². The second kappa shape index (κ2) is 6.10. The molecule has 21 heavy (non-hydrogen) atoms. The second-order valence-electron chi connectivity index (χ2n) is 4.72. The van der Waals surface area contributed by atoms with Crippen LogP contribution in [0.2, 0.25) is 0 Å². The topological polar surface area (TPSA) is 30.7 Å². The van der Waals surface area contributed by atoms with Crippen LogP contribution < -0.4 is 0 Å². The zero-order chi connectivity index (χ0) is 14.7. The molecule has 1 heterocycles. The second-order valence-corrected chi connectivity index (χ2v) is 5.12. The molecule has 3 nitrogen and oxygen atoms in total. The lowest BCUT2D eigenvalue weighted by molar-refractivity contribution is 0.627. The zero-order valence-electron chi connectivity index (χ0n) is 11.3. The van der Waals surface area contributed by atoms with Crippen molar-refractivity contribution in [3.8, 4) is 11.4 Å². The maximum atomic E-state index is 13.0. The summed E-state index contributed by atoms with van der Waals surface area (Å²) in [6.07, 6.45) is 0.862. The molecule has 3 aromatic rings. The zero-order valence-corrected chi connectivity index (χ0v) is 12.2. The first-order valence-electron chi connectivity index (χ1n) is 6.66. The van der Waals surface area contributed by atoms with Gasteiger partial charge in [0.2, 0.25) is 0 Å². The van der Waals surface area contributed by atoms with Crippen molar-refractivity contribution in [1.29, 1.82) is 0 Å². The third kappa shape index (κ3) is 3.13. The molecule has 0 aliphatic heterocycles. The molecule has 0 atom stereocenters. The van der Waals surface area contributed by atoms with Crippen molar-refractivity contribution in [2.45, 2.75) is 18.1 Å². The predicted molar refractivity (Wildman–Crippen MR) is 82.8 cm³/mol. The van der Waals surface area contributed by atoms with Crippen molar-refractivity contribution in [2.75, 3.05) is 0 Å². The number of aromatic nitrogens is 3. The van der Waals surface area contributed by atoms with E-state index in [1.165, 1.54) is 17.7 Å². The quantitative estimate of drug-likeness (QED) is 0.746. The molecule has 0 amide bonds. The summed E-state index contributed by atoms with van der Waals surface area (Å²) in [7, 11) is 0. The van der Waals surface area contributed by atoms with Gasteiger partial charge in [0, 0.05) is 12.1 Å². The fraction of sp³-hybridized carbons (Fsp3) is 0.125. The number of thiol groups is 1. The van der Waals surface area contributed by atoms with E-state index in [0.29, 0.717) is 11.0 Å². The van der Waals surface area contributed by atoms with Gasteiger partial charge in [0.1, 0.15) is 5.82 Å². The first kappa shape index (κ1) is 13.8. The van der Waals surface area contributed by atoms with Gasteiger partial charge in [-0.25, -0.2) is 4.39 Å². The third-order valence-corrected chi connectivity index (χ3v) is 3.63. The summed E-state index contributed by atoms with van der Waals surface area (Å²) in [5.41, 5.74) is 2.07. The van der Waals surface area contributed by atoms with Crippen LogP contribution in [0.1, 0.15) is 5.56 Å². The summed E-state index contributed by atoms with van der Waals surface area (Å²) < 4.78 is 15.0. The minimum Gasteiger partial charge on any atom is -0.302 e. The largest absolute Gasteiger partial charge is 0.302 e. The molecular weight excluding hydrogens is 285 g/mol. The van der Waals surface area contributed by atoms with E-state index in [4.69, 9.17) is 0 Å². The van der Waals surface area contributed by atoms with Crippen LogP contribution in [-0.2, 0) is 13.0 Å². The Hall–Kier alpha value is -2.14. The highest BCUT2D eigenvalue weighted by molar-refractivity contribution is 7.80. The van der Waals surface area contributed by atoms with Crippen LogP contribution in [0.4, 0.5) is 4.39 Å². The van der Waals surface area contributed by atoms with Crippen molar-refractivity contribution in [3.05, 3.63) is 66.0 Å². The standard InChI is InChI=1S/C16H14FN3S/c17-14-8-6-13(7-9-14)15-18-19-16(21)20(15)11-10-12-4-2-1-3-5-12/h1-9H,10-11H2,(H,19,21). The van der Waals surface area contributed by atoms with Crippen molar-refractivity contribution in [3.63, 3.8) is 0 Å². The molecule has 0 fully saturated rings. The van der Waals surface area contributed by atoms with E-state index >= 15 is 0 Å². The monoisotopic (exact) mass is 299 g/mol. The molecule has 0 bridgehead atoms. The summed E-state index contributed by atoms with van der Waals surface area (Å²) >= 11 is 4.35. The Labute approximate surface area is 127 Å². The van der Waals surface area contributed by atoms with Crippen LogP contribution in [-0.4, -0.2) is 14.8 Å². The lowest BCUT2D eigenvalue weighted by atomic mass is 10.1. The van der Waals surface area contributed by atoms with Crippen LogP contribution in [0.15, 0.2) is 59.8 Å². The molecule has 0 saturated heterocycles. The van der Waals surface area contributed by atoms with E-state index in [1.807, 2.05) is 22.8 Å². The van der Waals surface area contributed by atoms with Crippen molar-refractivity contribution in [1.82, 2.24) is 14.8 Å². The highest BCUT2D eigenvalue weighted by Gasteiger charge is 2.11. The van der Waals surface area contributed by atoms with Gasteiger partial charge in [-0.1, -0.05) is 30.3 Å². The van der Waals surface area contributed by atoms with E-state index in [-0.39, 0.29) is 5.82 Å².